The third-order valence-electron chi connectivity index (χ3n) is 4.93. The van der Waals surface area contributed by atoms with Gasteiger partial charge in [0, 0.05) is 0 Å². The highest BCUT2D eigenvalue weighted by atomic mass is 14.1. The molecule has 0 aromatic rings. The van der Waals surface area contributed by atoms with Crippen molar-refractivity contribution >= 4 is 0 Å². The maximum atomic E-state index is 4.11. The monoisotopic (exact) mass is 321 g/mol. The molecule has 0 aliphatic heterocycles. The van der Waals surface area contributed by atoms with Gasteiger partial charge in [-0.1, -0.05) is 116 Å². The molecule has 137 valence electrons. The van der Waals surface area contributed by atoms with Gasteiger partial charge in [0.15, 0.2) is 0 Å². The van der Waals surface area contributed by atoms with Crippen LogP contribution >= 0.6 is 0 Å². The van der Waals surface area contributed by atoms with E-state index < -0.39 is 0 Å². The van der Waals surface area contributed by atoms with Gasteiger partial charge in [-0.15, -0.1) is 0 Å². The minimum Gasteiger partial charge on any atom is -0.0883 e. The van der Waals surface area contributed by atoms with Crippen molar-refractivity contribution in [3.05, 3.63) is 19.1 Å². The first-order chi connectivity index (χ1) is 11.3. The predicted octanol–water partition coefficient (Wildman–Crippen LogP) is 8.66. The topological polar surface area (TPSA) is 0 Å². The van der Waals surface area contributed by atoms with Gasteiger partial charge in [-0.2, -0.15) is 0 Å². The summed E-state index contributed by atoms with van der Waals surface area (Å²) < 4.78 is 0. The Morgan fingerprint density at radius 1 is 0.652 bits per heavy atom. The van der Waals surface area contributed by atoms with Crippen molar-refractivity contribution in [3.8, 4) is 0 Å². The summed E-state index contributed by atoms with van der Waals surface area (Å²) in [7, 11) is 0. The van der Waals surface area contributed by atoms with Gasteiger partial charge >= 0.3 is 0 Å². The highest BCUT2D eigenvalue weighted by Gasteiger charge is 2.01. The second-order valence-corrected chi connectivity index (χ2v) is 7.30. The zero-order valence-electron chi connectivity index (χ0n) is 16.5. The fourth-order valence-electron chi connectivity index (χ4n) is 3.21. The highest BCUT2D eigenvalue weighted by molar-refractivity contribution is 4.88. The van der Waals surface area contributed by atoms with Gasteiger partial charge in [-0.05, 0) is 31.6 Å². The van der Waals surface area contributed by atoms with Crippen molar-refractivity contribution in [2.75, 3.05) is 0 Å². The van der Waals surface area contributed by atoms with Crippen LogP contribution in [0.2, 0.25) is 0 Å². The molecular weight excluding hydrogens is 276 g/mol. The zero-order chi connectivity index (χ0) is 17.0. The van der Waals surface area contributed by atoms with E-state index in [1.165, 1.54) is 103 Å². The third kappa shape index (κ3) is 17.9. The first kappa shape index (κ1) is 22.7. The van der Waals surface area contributed by atoms with E-state index in [1.807, 2.05) is 0 Å². The van der Waals surface area contributed by atoms with E-state index in [0.717, 1.165) is 12.3 Å². The Labute approximate surface area is 148 Å². The van der Waals surface area contributed by atoms with Crippen LogP contribution in [-0.2, 0) is 0 Å². The second kappa shape index (κ2) is 19.8. The number of hydrogen-bond acceptors (Lipinski definition) is 0. The summed E-state index contributed by atoms with van der Waals surface area (Å²) in [4.78, 5) is 0. The molecule has 0 heteroatoms. The molecular formula is C23H45. The molecule has 1 radical (unpaired) electrons. The average molecular weight is 322 g/mol. The van der Waals surface area contributed by atoms with Crippen LogP contribution in [0.25, 0.3) is 0 Å². The Morgan fingerprint density at radius 2 is 1.13 bits per heavy atom. The summed E-state index contributed by atoms with van der Waals surface area (Å²) in [6.45, 7) is 8.68. The van der Waals surface area contributed by atoms with Crippen molar-refractivity contribution in [3.63, 3.8) is 0 Å². The van der Waals surface area contributed by atoms with Crippen molar-refractivity contribution < 1.29 is 0 Å². The summed E-state index contributed by atoms with van der Waals surface area (Å²) >= 11 is 0. The molecule has 1 unspecified atom stereocenters. The molecule has 0 rings (SSSR count). The SMILES string of the molecule is [CH2]CC(C=CCCCCCCCCCCCC)CCCCCC. The van der Waals surface area contributed by atoms with Gasteiger partial charge < -0.3 is 0 Å². The van der Waals surface area contributed by atoms with E-state index in [2.05, 4.69) is 32.9 Å². The summed E-state index contributed by atoms with van der Waals surface area (Å²) in [6, 6.07) is 0. The van der Waals surface area contributed by atoms with Gasteiger partial charge in [-0.25, -0.2) is 0 Å². The van der Waals surface area contributed by atoms with Gasteiger partial charge in [0.1, 0.15) is 0 Å². The standard InChI is InChI=1S/C23H45/c1-4-7-9-11-12-13-14-15-16-17-18-20-22-23(6-3)21-19-10-8-5-2/h20,22-23H,3-19,21H2,1-2H3. The molecule has 0 aromatic carbocycles. The Morgan fingerprint density at radius 3 is 1.65 bits per heavy atom. The van der Waals surface area contributed by atoms with E-state index >= 15 is 0 Å². The lowest BCUT2D eigenvalue weighted by Crippen LogP contribution is -1.94. The van der Waals surface area contributed by atoms with Crippen LogP contribution in [0.3, 0.4) is 0 Å². The molecule has 0 fully saturated rings. The van der Waals surface area contributed by atoms with Crippen molar-refractivity contribution in [2.45, 2.75) is 123 Å². The van der Waals surface area contributed by atoms with E-state index in [-0.39, 0.29) is 0 Å². The second-order valence-electron chi connectivity index (χ2n) is 7.30. The minimum atomic E-state index is 0.731. The fraction of sp³-hybridized carbons (Fsp3) is 0.870. The zero-order valence-corrected chi connectivity index (χ0v) is 16.5. The Bertz CT molecular complexity index is 228. The molecule has 1 atom stereocenters. The first-order valence-corrected chi connectivity index (χ1v) is 10.8. The van der Waals surface area contributed by atoms with E-state index in [0.29, 0.717) is 0 Å². The van der Waals surface area contributed by atoms with E-state index in [4.69, 9.17) is 0 Å². The summed E-state index contributed by atoms with van der Waals surface area (Å²) in [5.41, 5.74) is 0. The molecule has 0 heterocycles. The number of rotatable bonds is 18. The van der Waals surface area contributed by atoms with Crippen molar-refractivity contribution in [1.82, 2.24) is 0 Å². The van der Waals surface area contributed by atoms with Crippen LogP contribution in [-0.4, -0.2) is 0 Å². The van der Waals surface area contributed by atoms with Crippen LogP contribution in [0.5, 0.6) is 0 Å². The number of hydrogen-bond donors (Lipinski definition) is 0. The molecule has 0 aliphatic rings. The number of allylic oxidation sites excluding steroid dienone is 2. The Kier molecular flexibility index (Phi) is 19.6. The molecule has 0 saturated carbocycles. The lowest BCUT2D eigenvalue weighted by molar-refractivity contribution is 0.531. The summed E-state index contributed by atoms with van der Waals surface area (Å²) in [5, 5.41) is 0. The molecule has 0 bridgehead atoms. The normalized spacial score (nSPS) is 13.0. The lowest BCUT2D eigenvalue weighted by Gasteiger charge is -2.09. The Balaban J connectivity index is 3.34. The summed E-state index contributed by atoms with van der Waals surface area (Å²) in [5.74, 6) is 0.731. The first-order valence-electron chi connectivity index (χ1n) is 10.8. The smallest absolute Gasteiger partial charge is 0.0234 e. The van der Waals surface area contributed by atoms with Crippen LogP contribution in [0, 0.1) is 12.8 Å². The van der Waals surface area contributed by atoms with Gasteiger partial charge in [0.25, 0.3) is 0 Å². The van der Waals surface area contributed by atoms with Crippen molar-refractivity contribution in [2.24, 2.45) is 5.92 Å². The fourth-order valence-corrected chi connectivity index (χ4v) is 3.21. The molecule has 0 nitrogen and oxygen atoms in total. The number of unbranched alkanes of at least 4 members (excludes halogenated alkanes) is 13. The Hall–Kier alpha value is -0.260. The largest absolute Gasteiger partial charge is 0.0883 e. The van der Waals surface area contributed by atoms with Crippen LogP contribution in [0.4, 0.5) is 0 Å². The van der Waals surface area contributed by atoms with Gasteiger partial charge in [0.05, 0.1) is 0 Å². The lowest BCUT2D eigenvalue weighted by atomic mass is 9.97. The predicted molar refractivity (Wildman–Crippen MR) is 108 cm³/mol. The van der Waals surface area contributed by atoms with Crippen LogP contribution in [0.1, 0.15) is 123 Å². The highest BCUT2D eigenvalue weighted by Crippen LogP contribution is 2.16. The van der Waals surface area contributed by atoms with E-state index in [9.17, 15) is 0 Å². The molecule has 0 amide bonds. The molecule has 0 spiro atoms. The molecule has 0 aromatic heterocycles. The van der Waals surface area contributed by atoms with Crippen molar-refractivity contribution in [1.29, 1.82) is 0 Å². The van der Waals surface area contributed by atoms with Gasteiger partial charge in [0.2, 0.25) is 0 Å². The maximum Gasteiger partial charge on any atom is -0.0234 e. The van der Waals surface area contributed by atoms with Gasteiger partial charge in [-0.3, -0.25) is 0 Å². The quantitative estimate of drug-likeness (QED) is 0.175. The molecule has 0 aliphatic carbocycles. The minimum absolute atomic E-state index is 0.731. The summed E-state index contributed by atoms with van der Waals surface area (Å²) in [6.07, 6.45) is 28.4. The average Bonchev–Trinajstić information content (AvgIpc) is 2.57. The third-order valence-corrected chi connectivity index (χ3v) is 4.93. The van der Waals surface area contributed by atoms with Crippen LogP contribution in [0.15, 0.2) is 12.2 Å². The van der Waals surface area contributed by atoms with Crippen LogP contribution < -0.4 is 0 Å². The molecule has 0 N–H and O–H groups in total. The van der Waals surface area contributed by atoms with E-state index in [1.54, 1.807) is 0 Å². The maximum absolute atomic E-state index is 4.11. The molecule has 0 saturated heterocycles. The molecule has 23 heavy (non-hydrogen) atoms.